The predicted molar refractivity (Wildman–Crippen MR) is 125 cm³/mol. The molecule has 182 valence electrons. The molecular weight excluding hydrogens is 482 g/mol. The van der Waals surface area contributed by atoms with E-state index in [1.807, 2.05) is 0 Å². The van der Waals surface area contributed by atoms with Crippen molar-refractivity contribution in [2.45, 2.75) is 41.9 Å². The lowest BCUT2D eigenvalue weighted by Gasteiger charge is -2.26. The van der Waals surface area contributed by atoms with Gasteiger partial charge in [-0.3, -0.25) is 19.2 Å². The molecule has 0 atom stereocenters. The highest BCUT2D eigenvalue weighted by Crippen LogP contribution is 2.32. The molecule has 2 aromatic rings. The van der Waals surface area contributed by atoms with Gasteiger partial charge in [0, 0.05) is 25.9 Å². The van der Waals surface area contributed by atoms with Crippen LogP contribution < -0.4 is 14.4 Å². The van der Waals surface area contributed by atoms with Crippen molar-refractivity contribution in [3.8, 4) is 5.75 Å². The highest BCUT2D eigenvalue weighted by Gasteiger charge is 2.31. The van der Waals surface area contributed by atoms with Gasteiger partial charge < -0.3 is 4.74 Å². The van der Waals surface area contributed by atoms with Crippen LogP contribution in [0.25, 0.3) is 0 Å². The molecular formula is C22H25N3O7S2. The van der Waals surface area contributed by atoms with Crippen LogP contribution in [0.2, 0.25) is 0 Å². The van der Waals surface area contributed by atoms with Gasteiger partial charge >= 0.3 is 0 Å². The Hall–Kier alpha value is -2.96. The van der Waals surface area contributed by atoms with Crippen LogP contribution in [-0.2, 0) is 29.6 Å². The summed E-state index contributed by atoms with van der Waals surface area (Å²) < 4.78 is 61.2. The molecule has 0 saturated carbocycles. The molecule has 2 saturated heterocycles. The smallest absolute Gasteiger partial charge is 0.261 e. The zero-order chi connectivity index (χ0) is 24.5. The lowest BCUT2D eigenvalue weighted by Crippen LogP contribution is -2.35. The summed E-state index contributed by atoms with van der Waals surface area (Å²) in [6, 6.07) is 9.41. The van der Waals surface area contributed by atoms with E-state index < -0.39 is 20.0 Å². The van der Waals surface area contributed by atoms with Crippen LogP contribution in [0.1, 0.15) is 32.1 Å². The van der Waals surface area contributed by atoms with Crippen molar-refractivity contribution >= 4 is 43.2 Å². The standard InChI is InChI=1S/C22H25N3O7S2/c1-32-19-10-5-16(15-20(19)34(30,31)24-13-3-2-4-14-24)23-33(28,29)18-8-6-17(7-9-18)25-21(26)11-12-22(25)27/h5-10,15,23H,2-4,11-14H2,1H3. The fourth-order valence-electron chi connectivity index (χ4n) is 4.04. The van der Waals surface area contributed by atoms with E-state index in [4.69, 9.17) is 4.74 Å². The third kappa shape index (κ3) is 4.65. The van der Waals surface area contributed by atoms with Crippen molar-refractivity contribution in [2.75, 3.05) is 29.8 Å². The molecule has 0 spiro atoms. The van der Waals surface area contributed by atoms with E-state index in [-0.39, 0.29) is 45.9 Å². The molecule has 2 heterocycles. The predicted octanol–water partition coefficient (Wildman–Crippen LogP) is 2.32. The summed E-state index contributed by atoms with van der Waals surface area (Å²) in [7, 11) is -6.59. The van der Waals surface area contributed by atoms with Gasteiger partial charge in [0.1, 0.15) is 10.6 Å². The Labute approximate surface area is 198 Å². The van der Waals surface area contributed by atoms with Gasteiger partial charge in [-0.2, -0.15) is 4.31 Å². The average molecular weight is 508 g/mol. The maximum absolute atomic E-state index is 13.2. The topological polar surface area (TPSA) is 130 Å². The number of amides is 2. The number of ether oxygens (including phenoxy) is 1. The van der Waals surface area contributed by atoms with Crippen LogP contribution in [0.3, 0.4) is 0 Å². The van der Waals surface area contributed by atoms with Gasteiger partial charge in [-0.1, -0.05) is 6.42 Å². The molecule has 2 aliphatic heterocycles. The fraction of sp³-hybridized carbons (Fsp3) is 0.364. The van der Waals surface area contributed by atoms with Gasteiger partial charge in [0.05, 0.1) is 23.4 Å². The minimum atomic E-state index is -4.07. The first-order valence-corrected chi connectivity index (χ1v) is 13.7. The van der Waals surface area contributed by atoms with Crippen molar-refractivity contribution in [3.63, 3.8) is 0 Å². The molecule has 0 bridgehead atoms. The highest BCUT2D eigenvalue weighted by molar-refractivity contribution is 7.92. The number of anilines is 2. The number of carbonyl (C=O) groups excluding carboxylic acids is 2. The monoisotopic (exact) mass is 507 g/mol. The molecule has 0 aromatic heterocycles. The molecule has 2 fully saturated rings. The molecule has 10 nitrogen and oxygen atoms in total. The van der Waals surface area contributed by atoms with Gasteiger partial charge in [-0.15, -0.1) is 0 Å². The number of sulfonamides is 2. The van der Waals surface area contributed by atoms with Gasteiger partial charge in [0.2, 0.25) is 21.8 Å². The minimum absolute atomic E-state index is 0.0605. The summed E-state index contributed by atoms with van der Waals surface area (Å²) in [5.41, 5.74) is 0.358. The van der Waals surface area contributed by atoms with Crippen molar-refractivity contribution in [3.05, 3.63) is 42.5 Å². The second-order valence-electron chi connectivity index (χ2n) is 8.05. The Morgan fingerprint density at radius 2 is 1.47 bits per heavy atom. The first-order chi connectivity index (χ1) is 16.1. The first-order valence-electron chi connectivity index (χ1n) is 10.8. The number of nitrogens with one attached hydrogen (secondary N) is 1. The SMILES string of the molecule is COc1ccc(NS(=O)(=O)c2ccc(N3C(=O)CCC3=O)cc2)cc1S(=O)(=O)N1CCCCC1. The second kappa shape index (κ2) is 9.35. The normalized spacial score (nSPS) is 17.7. The average Bonchev–Trinajstić information content (AvgIpc) is 3.17. The third-order valence-corrected chi connectivity index (χ3v) is 9.12. The Bertz CT molecular complexity index is 1300. The van der Waals surface area contributed by atoms with E-state index in [0.29, 0.717) is 18.8 Å². The Balaban J connectivity index is 1.60. The van der Waals surface area contributed by atoms with Crippen LogP contribution in [0.5, 0.6) is 5.75 Å². The molecule has 4 rings (SSSR count). The number of methoxy groups -OCH3 is 1. The number of piperidine rings is 1. The maximum Gasteiger partial charge on any atom is 0.261 e. The molecule has 0 aliphatic carbocycles. The molecule has 2 amide bonds. The lowest BCUT2D eigenvalue weighted by molar-refractivity contribution is -0.121. The van der Waals surface area contributed by atoms with Crippen LogP contribution >= 0.6 is 0 Å². The Morgan fingerprint density at radius 3 is 2.06 bits per heavy atom. The molecule has 1 N–H and O–H groups in total. The van der Waals surface area contributed by atoms with Crippen molar-refractivity contribution in [1.82, 2.24) is 4.31 Å². The van der Waals surface area contributed by atoms with E-state index in [1.54, 1.807) is 0 Å². The van der Waals surface area contributed by atoms with Gasteiger partial charge in [0.25, 0.3) is 10.0 Å². The van der Waals surface area contributed by atoms with Gasteiger partial charge in [-0.25, -0.2) is 16.8 Å². The number of nitrogens with zero attached hydrogens (tertiary/aromatic N) is 2. The van der Waals surface area contributed by atoms with Gasteiger partial charge in [-0.05, 0) is 55.3 Å². The number of rotatable bonds is 7. The summed E-state index contributed by atoms with van der Waals surface area (Å²) in [4.78, 5) is 24.6. The molecule has 2 aliphatic rings. The molecule has 12 heteroatoms. The van der Waals surface area contributed by atoms with Crippen molar-refractivity contribution in [2.24, 2.45) is 0 Å². The van der Waals surface area contributed by atoms with Crippen molar-refractivity contribution < 1.29 is 31.2 Å². The van der Waals surface area contributed by atoms with Crippen LogP contribution in [0.4, 0.5) is 11.4 Å². The summed E-state index contributed by atoms with van der Waals surface area (Å²) in [5.74, 6) is -0.545. The minimum Gasteiger partial charge on any atom is -0.495 e. The molecule has 0 radical (unpaired) electrons. The Morgan fingerprint density at radius 1 is 0.853 bits per heavy atom. The van der Waals surface area contributed by atoms with E-state index in [2.05, 4.69) is 4.72 Å². The lowest BCUT2D eigenvalue weighted by atomic mass is 10.2. The maximum atomic E-state index is 13.2. The largest absolute Gasteiger partial charge is 0.495 e. The number of benzene rings is 2. The van der Waals surface area contributed by atoms with Crippen LogP contribution in [-0.4, -0.2) is 53.2 Å². The zero-order valence-corrected chi connectivity index (χ0v) is 20.2. The van der Waals surface area contributed by atoms with E-state index in [1.165, 1.54) is 53.9 Å². The Kier molecular flexibility index (Phi) is 6.65. The number of carbonyl (C=O) groups is 2. The van der Waals surface area contributed by atoms with Crippen LogP contribution in [0.15, 0.2) is 52.3 Å². The summed E-state index contributed by atoms with van der Waals surface area (Å²) in [6.07, 6.45) is 2.74. The fourth-order valence-corrected chi connectivity index (χ4v) is 6.79. The molecule has 0 unspecified atom stereocenters. The number of hydrogen-bond acceptors (Lipinski definition) is 7. The first kappa shape index (κ1) is 24.2. The van der Waals surface area contributed by atoms with Gasteiger partial charge in [0.15, 0.2) is 0 Å². The molecule has 2 aromatic carbocycles. The van der Waals surface area contributed by atoms with E-state index in [9.17, 15) is 26.4 Å². The van der Waals surface area contributed by atoms with E-state index in [0.717, 1.165) is 24.2 Å². The summed E-state index contributed by atoms with van der Waals surface area (Å²) in [5, 5.41) is 0. The van der Waals surface area contributed by atoms with Crippen molar-refractivity contribution in [1.29, 1.82) is 0 Å². The quantitative estimate of drug-likeness (QED) is 0.569. The molecule has 34 heavy (non-hydrogen) atoms. The zero-order valence-electron chi connectivity index (χ0n) is 18.6. The third-order valence-electron chi connectivity index (χ3n) is 5.81. The number of imide groups is 1. The van der Waals surface area contributed by atoms with E-state index >= 15 is 0 Å². The summed E-state index contributed by atoms with van der Waals surface area (Å²) >= 11 is 0. The highest BCUT2D eigenvalue weighted by atomic mass is 32.2. The number of hydrogen-bond donors (Lipinski definition) is 1. The summed E-state index contributed by atoms with van der Waals surface area (Å²) in [6.45, 7) is 0.797. The van der Waals surface area contributed by atoms with Crippen LogP contribution in [0, 0.1) is 0 Å². The second-order valence-corrected chi connectivity index (χ2v) is 11.6.